The molecule has 0 amide bonds. The van der Waals surface area contributed by atoms with Crippen molar-refractivity contribution in [1.29, 1.82) is 0 Å². The maximum Gasteiger partial charge on any atom is 0.227 e. The zero-order chi connectivity index (χ0) is 13.8. The number of anilines is 1. The molecule has 0 saturated carbocycles. The largest absolute Gasteiger partial charge is 0.437 e. The second kappa shape index (κ2) is 5.65. The summed E-state index contributed by atoms with van der Waals surface area (Å²) in [6, 6.07) is 3.87. The fourth-order valence-electron chi connectivity index (χ4n) is 1.84. The molecule has 2 aromatic heterocycles. The van der Waals surface area contributed by atoms with E-state index in [2.05, 4.69) is 27.2 Å². The number of pyridine rings is 1. The molecule has 1 N–H and O–H groups in total. The molecule has 0 aliphatic heterocycles. The van der Waals surface area contributed by atoms with Gasteiger partial charge in [-0.25, -0.2) is 9.97 Å². The van der Waals surface area contributed by atoms with Crippen molar-refractivity contribution in [2.24, 2.45) is 0 Å². The lowest BCUT2D eigenvalue weighted by Crippen LogP contribution is -2.02. The van der Waals surface area contributed by atoms with E-state index in [1.807, 2.05) is 33.0 Å². The van der Waals surface area contributed by atoms with Crippen LogP contribution in [0.25, 0.3) is 0 Å². The van der Waals surface area contributed by atoms with Gasteiger partial charge in [0.2, 0.25) is 5.88 Å². The summed E-state index contributed by atoms with van der Waals surface area (Å²) in [4.78, 5) is 12.8. The molecule has 0 aliphatic rings. The molecule has 2 rings (SSSR count). The Morgan fingerprint density at radius 3 is 2.68 bits per heavy atom. The highest BCUT2D eigenvalue weighted by atomic mass is 16.5. The molecule has 2 heterocycles. The minimum Gasteiger partial charge on any atom is -0.437 e. The molecule has 0 atom stereocenters. The predicted octanol–water partition coefficient (Wildman–Crippen LogP) is 2.88. The molecule has 0 unspecified atom stereocenters. The van der Waals surface area contributed by atoms with E-state index in [0.717, 1.165) is 34.9 Å². The second-order valence-corrected chi connectivity index (χ2v) is 4.26. The Morgan fingerprint density at radius 1 is 1.21 bits per heavy atom. The number of hydrogen-bond acceptors (Lipinski definition) is 5. The van der Waals surface area contributed by atoms with E-state index in [1.165, 1.54) is 6.33 Å². The highest BCUT2D eigenvalue weighted by Gasteiger charge is 2.11. The Kier molecular flexibility index (Phi) is 3.94. The van der Waals surface area contributed by atoms with Gasteiger partial charge in [0.1, 0.15) is 12.1 Å². The lowest BCUT2D eigenvalue weighted by molar-refractivity contribution is 0.449. The first-order valence-corrected chi connectivity index (χ1v) is 6.29. The lowest BCUT2D eigenvalue weighted by Gasteiger charge is -2.12. The quantitative estimate of drug-likeness (QED) is 0.913. The number of rotatable bonds is 4. The summed E-state index contributed by atoms with van der Waals surface area (Å²) in [7, 11) is 1.82. The zero-order valence-electron chi connectivity index (χ0n) is 11.7. The molecule has 0 saturated heterocycles. The van der Waals surface area contributed by atoms with E-state index in [-0.39, 0.29) is 0 Å². The van der Waals surface area contributed by atoms with E-state index in [9.17, 15) is 0 Å². The number of ether oxygens (including phenoxy) is 1. The molecule has 5 nitrogen and oxygen atoms in total. The van der Waals surface area contributed by atoms with Crippen molar-refractivity contribution in [3.63, 3.8) is 0 Å². The van der Waals surface area contributed by atoms with Gasteiger partial charge in [0, 0.05) is 12.7 Å². The van der Waals surface area contributed by atoms with Crippen molar-refractivity contribution in [3.05, 3.63) is 35.4 Å². The Morgan fingerprint density at radius 2 is 2.00 bits per heavy atom. The summed E-state index contributed by atoms with van der Waals surface area (Å²) >= 11 is 0. The first kappa shape index (κ1) is 13.3. The first-order chi connectivity index (χ1) is 9.15. The number of nitrogens with one attached hydrogen (secondary N) is 1. The third-order valence-electron chi connectivity index (χ3n) is 2.89. The van der Waals surface area contributed by atoms with Crippen LogP contribution in [-0.2, 0) is 6.42 Å². The van der Waals surface area contributed by atoms with Crippen molar-refractivity contribution in [2.45, 2.75) is 27.2 Å². The fourth-order valence-corrected chi connectivity index (χ4v) is 1.84. The van der Waals surface area contributed by atoms with Gasteiger partial charge >= 0.3 is 0 Å². The zero-order valence-corrected chi connectivity index (χ0v) is 11.7. The fraction of sp³-hybridized carbons (Fsp3) is 0.357. The van der Waals surface area contributed by atoms with Gasteiger partial charge in [0.15, 0.2) is 5.75 Å². The molecular weight excluding hydrogens is 240 g/mol. The van der Waals surface area contributed by atoms with Crippen LogP contribution in [0.1, 0.15) is 23.9 Å². The summed E-state index contributed by atoms with van der Waals surface area (Å²) in [5.74, 6) is 2.07. The van der Waals surface area contributed by atoms with Crippen molar-refractivity contribution < 1.29 is 4.74 Å². The van der Waals surface area contributed by atoms with Gasteiger partial charge < -0.3 is 10.1 Å². The van der Waals surface area contributed by atoms with Gasteiger partial charge in [-0.3, -0.25) is 4.98 Å². The van der Waals surface area contributed by atoms with Gasteiger partial charge in [0.25, 0.3) is 0 Å². The van der Waals surface area contributed by atoms with Crippen LogP contribution in [0, 0.1) is 13.8 Å². The normalized spacial score (nSPS) is 10.3. The third-order valence-corrected chi connectivity index (χ3v) is 2.89. The molecule has 5 heteroatoms. The van der Waals surface area contributed by atoms with E-state index in [1.54, 1.807) is 0 Å². The van der Waals surface area contributed by atoms with Gasteiger partial charge in [-0.05, 0) is 32.4 Å². The standard InChI is InChI=1S/C14H18N4O/c1-5-11-12(7-6-9(2)18-11)19-14-10(3)13(15-4)16-8-17-14/h6-8H,5H2,1-4H3,(H,15,16,17). The SMILES string of the molecule is CCc1nc(C)ccc1Oc1ncnc(NC)c1C. The highest BCUT2D eigenvalue weighted by Crippen LogP contribution is 2.28. The van der Waals surface area contributed by atoms with E-state index in [0.29, 0.717) is 5.88 Å². The lowest BCUT2D eigenvalue weighted by atomic mass is 10.2. The Balaban J connectivity index is 2.36. The average molecular weight is 258 g/mol. The molecule has 19 heavy (non-hydrogen) atoms. The minimum absolute atomic E-state index is 0.555. The molecule has 0 aromatic carbocycles. The van der Waals surface area contributed by atoms with E-state index < -0.39 is 0 Å². The number of hydrogen-bond donors (Lipinski definition) is 1. The minimum atomic E-state index is 0.555. The van der Waals surface area contributed by atoms with Crippen LogP contribution in [0.5, 0.6) is 11.6 Å². The molecule has 0 aliphatic carbocycles. The Labute approximate surface area is 113 Å². The van der Waals surface area contributed by atoms with Crippen LogP contribution >= 0.6 is 0 Å². The van der Waals surface area contributed by atoms with Crippen molar-refractivity contribution in [2.75, 3.05) is 12.4 Å². The molecule has 2 aromatic rings. The Bertz CT molecular complexity index is 584. The summed E-state index contributed by atoms with van der Waals surface area (Å²) in [5.41, 5.74) is 2.80. The molecule has 0 fully saturated rings. The maximum atomic E-state index is 5.88. The van der Waals surface area contributed by atoms with Crippen LogP contribution in [0.4, 0.5) is 5.82 Å². The molecule has 100 valence electrons. The summed E-state index contributed by atoms with van der Waals surface area (Å²) in [6.07, 6.45) is 2.31. The van der Waals surface area contributed by atoms with Crippen molar-refractivity contribution >= 4 is 5.82 Å². The number of nitrogens with zero attached hydrogens (tertiary/aromatic N) is 3. The monoisotopic (exact) mass is 258 g/mol. The molecule has 0 spiro atoms. The van der Waals surface area contributed by atoms with Gasteiger partial charge in [-0.1, -0.05) is 6.92 Å². The third kappa shape index (κ3) is 2.81. The van der Waals surface area contributed by atoms with Gasteiger partial charge in [-0.2, -0.15) is 0 Å². The van der Waals surface area contributed by atoms with Crippen LogP contribution in [0.3, 0.4) is 0 Å². The molecule has 0 bridgehead atoms. The first-order valence-electron chi connectivity index (χ1n) is 6.29. The smallest absolute Gasteiger partial charge is 0.227 e. The molecule has 0 radical (unpaired) electrons. The van der Waals surface area contributed by atoms with Crippen molar-refractivity contribution in [1.82, 2.24) is 15.0 Å². The summed E-state index contributed by atoms with van der Waals surface area (Å²) < 4.78 is 5.88. The average Bonchev–Trinajstić information content (AvgIpc) is 2.42. The van der Waals surface area contributed by atoms with Crippen LogP contribution in [-0.4, -0.2) is 22.0 Å². The number of aromatic nitrogens is 3. The Hall–Kier alpha value is -2.17. The van der Waals surface area contributed by atoms with E-state index >= 15 is 0 Å². The van der Waals surface area contributed by atoms with Crippen molar-refractivity contribution in [3.8, 4) is 11.6 Å². The van der Waals surface area contributed by atoms with Crippen LogP contribution in [0.15, 0.2) is 18.5 Å². The number of aryl methyl sites for hydroxylation is 2. The summed E-state index contributed by atoms with van der Waals surface area (Å²) in [6.45, 7) is 5.95. The van der Waals surface area contributed by atoms with Gasteiger partial charge in [0.05, 0.1) is 11.3 Å². The predicted molar refractivity (Wildman–Crippen MR) is 74.7 cm³/mol. The highest BCUT2D eigenvalue weighted by molar-refractivity contribution is 5.48. The van der Waals surface area contributed by atoms with E-state index in [4.69, 9.17) is 4.74 Å². The maximum absolute atomic E-state index is 5.88. The second-order valence-electron chi connectivity index (χ2n) is 4.26. The van der Waals surface area contributed by atoms with Crippen LogP contribution < -0.4 is 10.1 Å². The summed E-state index contributed by atoms with van der Waals surface area (Å²) in [5, 5.41) is 3.01. The molecular formula is C14H18N4O. The van der Waals surface area contributed by atoms with Gasteiger partial charge in [-0.15, -0.1) is 0 Å². The van der Waals surface area contributed by atoms with Crippen LogP contribution in [0.2, 0.25) is 0 Å². The topological polar surface area (TPSA) is 59.9 Å².